The number of pyridine rings is 1. The average Bonchev–Trinajstić information content (AvgIpc) is 2.97. The highest BCUT2D eigenvalue weighted by molar-refractivity contribution is 6.06. The Bertz CT molecular complexity index is 1050. The number of furan rings is 1. The fraction of sp³-hybridized carbons (Fsp3) is 0.571. The first-order valence-electron chi connectivity index (χ1n) is 9.97. The van der Waals surface area contributed by atoms with Gasteiger partial charge in [-0.3, -0.25) is 0 Å². The van der Waals surface area contributed by atoms with E-state index in [1.165, 1.54) is 6.33 Å². The maximum Gasteiger partial charge on any atom is 0.229 e. The first-order chi connectivity index (χ1) is 13.7. The molecule has 3 aromatic heterocycles. The summed E-state index contributed by atoms with van der Waals surface area (Å²) in [6.45, 7) is 10.7. The molecule has 8 nitrogen and oxygen atoms in total. The lowest BCUT2D eigenvalue weighted by Gasteiger charge is -2.32. The second-order valence-corrected chi connectivity index (χ2v) is 8.64. The average molecular weight is 400 g/mol. The summed E-state index contributed by atoms with van der Waals surface area (Å²) >= 11 is 0. The van der Waals surface area contributed by atoms with Crippen molar-refractivity contribution in [1.82, 2.24) is 15.0 Å². The van der Waals surface area contributed by atoms with Gasteiger partial charge in [-0.25, -0.2) is 15.0 Å². The van der Waals surface area contributed by atoms with Gasteiger partial charge < -0.3 is 24.3 Å². The van der Waals surface area contributed by atoms with Gasteiger partial charge in [-0.15, -0.1) is 0 Å². The number of aliphatic hydroxyl groups is 2. The van der Waals surface area contributed by atoms with Gasteiger partial charge in [0.05, 0.1) is 29.8 Å². The Balaban J connectivity index is 1.95. The zero-order valence-corrected chi connectivity index (χ0v) is 17.6. The molecule has 4 rings (SSSR count). The fourth-order valence-electron chi connectivity index (χ4n) is 4.07. The first-order valence-corrected chi connectivity index (χ1v) is 9.97. The summed E-state index contributed by atoms with van der Waals surface area (Å²) < 4.78 is 12.2. The van der Waals surface area contributed by atoms with Crippen LogP contribution in [0.4, 0.5) is 5.82 Å². The highest BCUT2D eigenvalue weighted by Gasteiger charge is 2.32. The van der Waals surface area contributed by atoms with Crippen LogP contribution in [-0.2, 0) is 17.8 Å². The minimum absolute atomic E-state index is 0.280. The molecular formula is C21H28N4O4. The number of ether oxygens (including phenoxy) is 1. The molecule has 156 valence electrons. The van der Waals surface area contributed by atoms with E-state index < -0.39 is 12.2 Å². The lowest BCUT2D eigenvalue weighted by atomic mass is 9.89. The molecule has 0 unspecified atom stereocenters. The summed E-state index contributed by atoms with van der Waals surface area (Å²) in [6, 6.07) is 0. The number of fused-ring (bicyclic) bond motifs is 5. The molecule has 2 atom stereocenters. The molecule has 0 aliphatic carbocycles. The first kappa shape index (κ1) is 20.0. The predicted molar refractivity (Wildman–Crippen MR) is 110 cm³/mol. The minimum atomic E-state index is -0.589. The van der Waals surface area contributed by atoms with E-state index in [9.17, 15) is 10.2 Å². The van der Waals surface area contributed by atoms with E-state index in [-0.39, 0.29) is 5.60 Å². The van der Waals surface area contributed by atoms with Crippen molar-refractivity contribution >= 4 is 28.0 Å². The Morgan fingerprint density at radius 1 is 1.14 bits per heavy atom. The Kier molecular flexibility index (Phi) is 4.96. The third-order valence-electron chi connectivity index (χ3n) is 5.28. The standard InChI is InChI=1S/C21H28N4O4/c1-11(26)7-25(8-12(2)27)19-18-17(22-10-23-19)16-14-6-21(4,5)28-9-15(14)13(3)24-20(16)29-18/h10-12,26-27H,6-9H2,1-5H3/t11-,12-/m1/s1. The number of hydrogen-bond acceptors (Lipinski definition) is 8. The van der Waals surface area contributed by atoms with Crippen molar-refractivity contribution in [1.29, 1.82) is 0 Å². The molecule has 1 aliphatic heterocycles. The van der Waals surface area contributed by atoms with Crippen LogP contribution in [0.25, 0.3) is 22.2 Å². The van der Waals surface area contributed by atoms with Crippen molar-refractivity contribution < 1.29 is 19.4 Å². The molecule has 2 N–H and O–H groups in total. The molecule has 0 bridgehead atoms. The number of aromatic nitrogens is 3. The predicted octanol–water partition coefficient (Wildman–Crippen LogP) is 2.50. The monoisotopic (exact) mass is 400 g/mol. The highest BCUT2D eigenvalue weighted by Crippen LogP contribution is 2.39. The van der Waals surface area contributed by atoms with Gasteiger partial charge in [0.2, 0.25) is 5.71 Å². The summed E-state index contributed by atoms with van der Waals surface area (Å²) in [5, 5.41) is 20.8. The van der Waals surface area contributed by atoms with Crippen molar-refractivity contribution in [2.24, 2.45) is 0 Å². The van der Waals surface area contributed by atoms with Crippen LogP contribution in [0.5, 0.6) is 0 Å². The van der Waals surface area contributed by atoms with Crippen LogP contribution in [0.15, 0.2) is 10.7 Å². The van der Waals surface area contributed by atoms with Crippen LogP contribution >= 0.6 is 0 Å². The molecule has 0 radical (unpaired) electrons. The Hall–Kier alpha value is -2.29. The molecule has 0 aromatic carbocycles. The largest absolute Gasteiger partial charge is 0.432 e. The fourth-order valence-corrected chi connectivity index (χ4v) is 4.07. The van der Waals surface area contributed by atoms with Gasteiger partial charge in [0, 0.05) is 30.8 Å². The summed E-state index contributed by atoms with van der Waals surface area (Å²) in [5.74, 6) is 0.549. The molecule has 4 heterocycles. The highest BCUT2D eigenvalue weighted by atomic mass is 16.5. The van der Waals surface area contributed by atoms with Crippen LogP contribution in [0, 0.1) is 6.92 Å². The van der Waals surface area contributed by atoms with Crippen molar-refractivity contribution in [3.8, 4) is 0 Å². The van der Waals surface area contributed by atoms with E-state index in [0.29, 0.717) is 42.3 Å². The second kappa shape index (κ2) is 7.19. The lowest BCUT2D eigenvalue weighted by molar-refractivity contribution is -0.0400. The van der Waals surface area contributed by atoms with Gasteiger partial charge in [-0.05, 0) is 40.2 Å². The van der Waals surface area contributed by atoms with E-state index in [1.54, 1.807) is 13.8 Å². The van der Waals surface area contributed by atoms with Crippen LogP contribution in [0.2, 0.25) is 0 Å². The van der Waals surface area contributed by atoms with Gasteiger partial charge in [-0.1, -0.05) is 0 Å². The number of nitrogens with zero attached hydrogens (tertiary/aromatic N) is 4. The molecule has 0 spiro atoms. The van der Waals surface area contributed by atoms with Crippen LogP contribution in [0.1, 0.15) is 44.5 Å². The van der Waals surface area contributed by atoms with Gasteiger partial charge in [0.25, 0.3) is 0 Å². The third kappa shape index (κ3) is 3.68. The van der Waals surface area contributed by atoms with E-state index >= 15 is 0 Å². The van der Waals surface area contributed by atoms with E-state index in [0.717, 1.165) is 28.6 Å². The van der Waals surface area contributed by atoms with Crippen molar-refractivity contribution in [2.75, 3.05) is 18.0 Å². The van der Waals surface area contributed by atoms with E-state index in [1.807, 2.05) is 11.8 Å². The number of aliphatic hydroxyl groups excluding tert-OH is 2. The summed E-state index contributed by atoms with van der Waals surface area (Å²) in [6.07, 6.45) is 1.06. The zero-order chi connectivity index (χ0) is 20.9. The summed E-state index contributed by atoms with van der Waals surface area (Å²) in [4.78, 5) is 15.4. The molecule has 0 amide bonds. The van der Waals surface area contributed by atoms with Crippen LogP contribution < -0.4 is 4.90 Å². The van der Waals surface area contributed by atoms with Gasteiger partial charge in [0.15, 0.2) is 11.4 Å². The smallest absolute Gasteiger partial charge is 0.229 e. The molecule has 1 aliphatic rings. The van der Waals surface area contributed by atoms with E-state index in [2.05, 4.69) is 28.8 Å². The van der Waals surface area contributed by atoms with Crippen molar-refractivity contribution in [3.05, 3.63) is 23.1 Å². The summed E-state index contributed by atoms with van der Waals surface area (Å²) in [5.41, 5.74) is 4.61. The van der Waals surface area contributed by atoms with Gasteiger partial charge >= 0.3 is 0 Å². The maximum atomic E-state index is 9.94. The molecule has 3 aromatic rings. The number of anilines is 1. The van der Waals surface area contributed by atoms with Crippen LogP contribution in [0.3, 0.4) is 0 Å². The number of aryl methyl sites for hydroxylation is 1. The SMILES string of the molecule is Cc1nc2oc3c(N(C[C@@H](C)O)C[C@@H](C)O)ncnc3c2c2c1COC(C)(C)C2. The van der Waals surface area contributed by atoms with Gasteiger partial charge in [-0.2, -0.15) is 0 Å². The molecule has 0 saturated carbocycles. The molecular weight excluding hydrogens is 372 g/mol. The lowest BCUT2D eigenvalue weighted by Crippen LogP contribution is -2.37. The van der Waals surface area contributed by atoms with Crippen molar-refractivity contribution in [3.63, 3.8) is 0 Å². The third-order valence-corrected chi connectivity index (χ3v) is 5.28. The molecule has 8 heteroatoms. The van der Waals surface area contributed by atoms with Crippen LogP contribution in [-0.4, -0.2) is 56.1 Å². The molecule has 29 heavy (non-hydrogen) atoms. The number of hydrogen-bond donors (Lipinski definition) is 2. The summed E-state index contributed by atoms with van der Waals surface area (Å²) in [7, 11) is 0. The quantitative estimate of drug-likeness (QED) is 0.673. The van der Waals surface area contributed by atoms with Gasteiger partial charge in [0.1, 0.15) is 11.8 Å². The van der Waals surface area contributed by atoms with E-state index in [4.69, 9.17) is 9.15 Å². The maximum absolute atomic E-state index is 9.94. The molecule has 0 fully saturated rings. The Labute approximate surface area is 169 Å². The Morgan fingerprint density at radius 3 is 2.48 bits per heavy atom. The normalized spacial score (nSPS) is 18.0. The topological polar surface area (TPSA) is 105 Å². The Morgan fingerprint density at radius 2 is 1.83 bits per heavy atom. The molecule has 0 saturated heterocycles. The second-order valence-electron chi connectivity index (χ2n) is 8.64. The minimum Gasteiger partial charge on any atom is -0.432 e. The number of rotatable bonds is 5. The van der Waals surface area contributed by atoms with Crippen molar-refractivity contribution in [2.45, 2.75) is 65.5 Å². The zero-order valence-electron chi connectivity index (χ0n) is 17.6.